The van der Waals surface area contributed by atoms with E-state index in [2.05, 4.69) is 4.98 Å². The lowest BCUT2D eigenvalue weighted by atomic mass is 10.0. The van der Waals surface area contributed by atoms with Gasteiger partial charge < -0.3 is 14.8 Å². The SMILES string of the molecule is CC(=O)OCCc1c(C(=O)O)[nH]c2ccc(C(C)=O)cc12. The van der Waals surface area contributed by atoms with Crippen LogP contribution in [0.5, 0.6) is 0 Å². The summed E-state index contributed by atoms with van der Waals surface area (Å²) in [5, 5.41) is 9.91. The number of Topliss-reactive ketones (excluding diaryl/α,β-unsaturated/α-hetero) is 1. The van der Waals surface area contributed by atoms with Gasteiger partial charge in [-0.05, 0) is 30.7 Å². The molecule has 0 aliphatic carbocycles. The number of esters is 1. The molecule has 0 bridgehead atoms. The van der Waals surface area contributed by atoms with E-state index in [1.807, 2.05) is 0 Å². The number of carbonyl (C=O) groups excluding carboxylic acids is 2. The van der Waals surface area contributed by atoms with Crippen molar-refractivity contribution in [2.75, 3.05) is 6.61 Å². The van der Waals surface area contributed by atoms with Crippen LogP contribution >= 0.6 is 0 Å². The highest BCUT2D eigenvalue weighted by Gasteiger charge is 2.18. The number of carboxylic acid groups (broad SMARTS) is 1. The quantitative estimate of drug-likeness (QED) is 0.649. The van der Waals surface area contributed by atoms with Crippen LogP contribution < -0.4 is 0 Å². The van der Waals surface area contributed by atoms with Crippen molar-refractivity contribution < 1.29 is 24.2 Å². The van der Waals surface area contributed by atoms with Gasteiger partial charge in [-0.1, -0.05) is 0 Å². The molecule has 1 aromatic carbocycles. The van der Waals surface area contributed by atoms with Crippen LogP contribution in [0, 0.1) is 0 Å². The summed E-state index contributed by atoms with van der Waals surface area (Å²) in [6.45, 7) is 2.83. The minimum Gasteiger partial charge on any atom is -0.477 e. The first-order chi connectivity index (χ1) is 9.90. The van der Waals surface area contributed by atoms with E-state index in [0.29, 0.717) is 22.0 Å². The standard InChI is InChI=1S/C15H15NO5/c1-8(17)10-3-4-13-12(7-10)11(5-6-21-9(2)18)14(16-13)15(19)20/h3-4,7,16H,5-6H2,1-2H3,(H,19,20). The van der Waals surface area contributed by atoms with Crippen LogP contribution in [0.2, 0.25) is 0 Å². The highest BCUT2D eigenvalue weighted by atomic mass is 16.5. The Bertz CT molecular complexity index is 729. The van der Waals surface area contributed by atoms with Crippen molar-refractivity contribution >= 4 is 28.6 Å². The second kappa shape index (κ2) is 5.78. The minimum atomic E-state index is -1.09. The molecule has 0 aliphatic heterocycles. The number of hydrogen-bond acceptors (Lipinski definition) is 4. The number of H-pyrrole nitrogens is 1. The Morgan fingerprint density at radius 3 is 2.52 bits per heavy atom. The van der Waals surface area contributed by atoms with Crippen LogP contribution in [0.15, 0.2) is 18.2 Å². The van der Waals surface area contributed by atoms with Gasteiger partial charge in [-0.3, -0.25) is 9.59 Å². The predicted molar refractivity (Wildman–Crippen MR) is 75.6 cm³/mol. The maximum atomic E-state index is 11.4. The van der Waals surface area contributed by atoms with Crippen molar-refractivity contribution in [3.63, 3.8) is 0 Å². The zero-order valence-electron chi connectivity index (χ0n) is 11.7. The van der Waals surface area contributed by atoms with Gasteiger partial charge in [0.15, 0.2) is 5.78 Å². The summed E-state index contributed by atoms with van der Waals surface area (Å²) < 4.78 is 4.86. The summed E-state index contributed by atoms with van der Waals surface area (Å²) in [7, 11) is 0. The molecule has 0 fully saturated rings. The van der Waals surface area contributed by atoms with Crippen molar-refractivity contribution in [1.82, 2.24) is 4.98 Å². The van der Waals surface area contributed by atoms with Crippen LogP contribution in [0.4, 0.5) is 0 Å². The van der Waals surface area contributed by atoms with Gasteiger partial charge in [0.2, 0.25) is 0 Å². The van der Waals surface area contributed by atoms with Crippen molar-refractivity contribution in [3.8, 4) is 0 Å². The third-order valence-electron chi connectivity index (χ3n) is 3.18. The lowest BCUT2D eigenvalue weighted by Crippen LogP contribution is -2.07. The van der Waals surface area contributed by atoms with Crippen molar-refractivity contribution in [2.24, 2.45) is 0 Å². The molecule has 0 amide bonds. The highest BCUT2D eigenvalue weighted by molar-refractivity contribution is 6.02. The van der Waals surface area contributed by atoms with Crippen LogP contribution in [-0.4, -0.2) is 34.4 Å². The van der Waals surface area contributed by atoms with Crippen molar-refractivity contribution in [1.29, 1.82) is 0 Å². The van der Waals surface area contributed by atoms with Gasteiger partial charge in [-0.2, -0.15) is 0 Å². The molecule has 1 aromatic heterocycles. The number of benzene rings is 1. The number of rotatable bonds is 5. The van der Waals surface area contributed by atoms with E-state index < -0.39 is 11.9 Å². The summed E-state index contributed by atoms with van der Waals surface area (Å²) in [6, 6.07) is 4.97. The summed E-state index contributed by atoms with van der Waals surface area (Å²) in [5.41, 5.74) is 1.72. The molecule has 1 heterocycles. The lowest BCUT2D eigenvalue weighted by Gasteiger charge is -2.03. The number of aromatic nitrogens is 1. The summed E-state index contributed by atoms with van der Waals surface area (Å²) >= 11 is 0. The maximum Gasteiger partial charge on any atom is 0.352 e. The van der Waals surface area contributed by atoms with Gasteiger partial charge in [0.1, 0.15) is 5.69 Å². The molecule has 21 heavy (non-hydrogen) atoms. The fraction of sp³-hybridized carbons (Fsp3) is 0.267. The number of fused-ring (bicyclic) bond motifs is 1. The summed E-state index contributed by atoms with van der Waals surface area (Å²) in [5.74, 6) is -1.61. The first kappa shape index (κ1) is 14.8. The average molecular weight is 289 g/mol. The molecule has 2 aromatic rings. The lowest BCUT2D eigenvalue weighted by molar-refractivity contribution is -0.140. The van der Waals surface area contributed by atoms with Gasteiger partial charge in [0.05, 0.1) is 6.61 Å². The molecule has 0 saturated carbocycles. The number of nitrogens with one attached hydrogen (secondary N) is 1. The molecule has 0 aliphatic rings. The third kappa shape index (κ3) is 3.10. The van der Waals surface area contributed by atoms with Gasteiger partial charge in [0.25, 0.3) is 0 Å². The van der Waals surface area contributed by atoms with Crippen LogP contribution in [0.3, 0.4) is 0 Å². The maximum absolute atomic E-state index is 11.4. The second-order valence-electron chi connectivity index (χ2n) is 4.69. The monoisotopic (exact) mass is 289 g/mol. The number of ketones is 1. The number of hydrogen-bond donors (Lipinski definition) is 2. The summed E-state index contributed by atoms with van der Waals surface area (Å²) in [4.78, 5) is 36.4. The number of aromatic amines is 1. The Morgan fingerprint density at radius 1 is 1.24 bits per heavy atom. The molecule has 0 radical (unpaired) electrons. The van der Waals surface area contributed by atoms with Crippen LogP contribution in [-0.2, 0) is 16.0 Å². The molecule has 0 spiro atoms. The number of aromatic carboxylic acids is 1. The summed E-state index contributed by atoms with van der Waals surface area (Å²) in [6.07, 6.45) is 0.266. The third-order valence-corrected chi connectivity index (χ3v) is 3.18. The largest absolute Gasteiger partial charge is 0.477 e. The number of carbonyl (C=O) groups is 3. The molecular weight excluding hydrogens is 274 g/mol. The number of ether oxygens (including phenoxy) is 1. The molecule has 2 N–H and O–H groups in total. The Hall–Kier alpha value is -2.63. The van der Waals surface area contributed by atoms with Gasteiger partial charge in [-0.25, -0.2) is 4.79 Å². The van der Waals surface area contributed by atoms with E-state index in [1.54, 1.807) is 18.2 Å². The zero-order chi connectivity index (χ0) is 15.6. The molecule has 0 atom stereocenters. The first-order valence-corrected chi connectivity index (χ1v) is 6.42. The molecule has 6 heteroatoms. The van der Waals surface area contributed by atoms with Gasteiger partial charge in [0, 0.05) is 29.8 Å². The smallest absolute Gasteiger partial charge is 0.352 e. The van der Waals surface area contributed by atoms with Gasteiger partial charge in [-0.15, -0.1) is 0 Å². The molecule has 0 saturated heterocycles. The van der Waals surface area contributed by atoms with E-state index in [1.165, 1.54) is 13.8 Å². The van der Waals surface area contributed by atoms with E-state index in [-0.39, 0.29) is 24.5 Å². The van der Waals surface area contributed by atoms with Crippen LogP contribution in [0.1, 0.15) is 40.3 Å². The minimum absolute atomic E-state index is 0.0536. The topological polar surface area (TPSA) is 96.5 Å². The molecular formula is C15H15NO5. The predicted octanol–water partition coefficient (Wildman–Crippen LogP) is 2.17. The van der Waals surface area contributed by atoms with E-state index in [9.17, 15) is 19.5 Å². The molecule has 0 unspecified atom stereocenters. The highest BCUT2D eigenvalue weighted by Crippen LogP contribution is 2.25. The fourth-order valence-corrected chi connectivity index (χ4v) is 2.21. The molecule has 2 rings (SSSR count). The Balaban J connectivity index is 2.48. The average Bonchev–Trinajstić information content (AvgIpc) is 2.76. The van der Waals surface area contributed by atoms with E-state index in [4.69, 9.17) is 4.74 Å². The van der Waals surface area contributed by atoms with Crippen molar-refractivity contribution in [2.45, 2.75) is 20.3 Å². The zero-order valence-corrected chi connectivity index (χ0v) is 11.7. The Labute approximate surface area is 120 Å². The molecule has 110 valence electrons. The van der Waals surface area contributed by atoms with Gasteiger partial charge >= 0.3 is 11.9 Å². The Morgan fingerprint density at radius 2 is 1.95 bits per heavy atom. The van der Waals surface area contributed by atoms with E-state index in [0.717, 1.165) is 0 Å². The van der Waals surface area contributed by atoms with Crippen molar-refractivity contribution in [3.05, 3.63) is 35.0 Å². The molecule has 6 nitrogen and oxygen atoms in total. The van der Waals surface area contributed by atoms with Crippen LogP contribution in [0.25, 0.3) is 10.9 Å². The number of carboxylic acids is 1. The van der Waals surface area contributed by atoms with E-state index >= 15 is 0 Å². The second-order valence-corrected chi connectivity index (χ2v) is 4.69. The first-order valence-electron chi connectivity index (χ1n) is 6.42. The Kier molecular flexibility index (Phi) is 4.07. The fourth-order valence-electron chi connectivity index (χ4n) is 2.21. The normalized spacial score (nSPS) is 10.6.